The van der Waals surface area contributed by atoms with Crippen LogP contribution in [0.1, 0.15) is 39.9 Å². The summed E-state index contributed by atoms with van der Waals surface area (Å²) in [4.78, 5) is 42.0. The smallest absolute Gasteiger partial charge is 0.416 e. The number of hydrogen-bond acceptors (Lipinski definition) is 7. The number of alkyl halides is 3. The fourth-order valence-electron chi connectivity index (χ4n) is 3.12. The summed E-state index contributed by atoms with van der Waals surface area (Å²) < 4.78 is 45.7. The van der Waals surface area contributed by atoms with Crippen molar-refractivity contribution in [1.82, 2.24) is 14.8 Å². The van der Waals surface area contributed by atoms with E-state index in [-0.39, 0.29) is 28.7 Å². The van der Waals surface area contributed by atoms with Gasteiger partial charge in [0.1, 0.15) is 6.61 Å². The molecule has 3 rings (SSSR count). The zero-order chi connectivity index (χ0) is 24.5. The van der Waals surface area contributed by atoms with Crippen molar-refractivity contribution < 1.29 is 32.3 Å². The predicted molar refractivity (Wildman–Crippen MR) is 113 cm³/mol. The van der Waals surface area contributed by atoms with Gasteiger partial charge in [-0.05, 0) is 32.0 Å². The summed E-state index contributed by atoms with van der Waals surface area (Å²) in [7, 11) is 1.65. The first-order valence-electron chi connectivity index (χ1n) is 9.54. The second-order valence-corrected chi connectivity index (χ2v) is 7.94. The van der Waals surface area contributed by atoms with E-state index in [1.54, 1.807) is 20.9 Å². The van der Waals surface area contributed by atoms with Gasteiger partial charge in [-0.3, -0.25) is 19.2 Å². The number of halogens is 3. The van der Waals surface area contributed by atoms with Crippen molar-refractivity contribution in [3.63, 3.8) is 0 Å². The largest absolute Gasteiger partial charge is 0.453 e. The third-order valence-corrected chi connectivity index (χ3v) is 5.62. The van der Waals surface area contributed by atoms with E-state index in [1.807, 2.05) is 0 Å². The normalized spacial score (nSPS) is 11.4. The molecule has 174 valence electrons. The molecule has 0 unspecified atom stereocenters. The molecule has 0 fully saturated rings. The van der Waals surface area contributed by atoms with Gasteiger partial charge in [-0.2, -0.15) is 18.3 Å². The molecular formula is C21H19F3N4O4S. The van der Waals surface area contributed by atoms with Crippen molar-refractivity contribution in [2.75, 3.05) is 4.90 Å². The molecule has 1 aromatic carbocycles. The van der Waals surface area contributed by atoms with E-state index >= 15 is 0 Å². The lowest BCUT2D eigenvalue weighted by molar-refractivity contribution is -0.139. The summed E-state index contributed by atoms with van der Waals surface area (Å²) in [6.07, 6.45) is -4.57. The van der Waals surface area contributed by atoms with Crippen LogP contribution in [0.25, 0.3) is 0 Å². The van der Waals surface area contributed by atoms with Crippen molar-refractivity contribution in [2.45, 2.75) is 33.6 Å². The molecule has 2 heterocycles. The predicted octanol–water partition coefficient (Wildman–Crippen LogP) is 4.12. The van der Waals surface area contributed by atoms with Crippen molar-refractivity contribution in [1.29, 1.82) is 0 Å². The van der Waals surface area contributed by atoms with Gasteiger partial charge in [0.15, 0.2) is 5.13 Å². The number of carbonyl (C=O) groups is 3. The maximum Gasteiger partial charge on any atom is 0.416 e. The number of hydrogen-bond donors (Lipinski definition) is 0. The Kier molecular flexibility index (Phi) is 6.68. The van der Waals surface area contributed by atoms with Gasteiger partial charge >= 0.3 is 12.1 Å². The Morgan fingerprint density at radius 1 is 1.21 bits per heavy atom. The fourth-order valence-corrected chi connectivity index (χ4v) is 3.99. The number of ketones is 1. The fraction of sp³-hybridized carbons (Fsp3) is 0.286. The SMILES string of the molecule is CC(=O)N(c1cccc(C(F)(F)F)c1)c1nc(COC(=O)C(=O)c2c(C)nn(C)c2C)cs1. The number of carbonyl (C=O) groups excluding carboxylic acids is 3. The van der Waals surface area contributed by atoms with Crippen LogP contribution in [0, 0.1) is 13.8 Å². The quantitative estimate of drug-likeness (QED) is 0.299. The zero-order valence-electron chi connectivity index (χ0n) is 18.1. The molecule has 0 aliphatic heterocycles. The molecule has 0 radical (unpaired) electrons. The van der Waals surface area contributed by atoms with Crippen LogP contribution in [0.2, 0.25) is 0 Å². The summed E-state index contributed by atoms with van der Waals surface area (Å²) in [6.45, 7) is 4.09. The molecule has 0 atom stereocenters. The molecule has 0 aliphatic carbocycles. The Balaban J connectivity index is 1.76. The molecular weight excluding hydrogens is 461 g/mol. The number of aryl methyl sites for hydroxylation is 2. The molecule has 0 saturated heterocycles. The molecule has 0 saturated carbocycles. The van der Waals surface area contributed by atoms with E-state index in [2.05, 4.69) is 10.1 Å². The summed E-state index contributed by atoms with van der Waals surface area (Å²) >= 11 is 0.982. The molecule has 2 aromatic heterocycles. The van der Waals surface area contributed by atoms with Crippen molar-refractivity contribution >= 4 is 39.8 Å². The van der Waals surface area contributed by atoms with Crippen molar-refractivity contribution in [3.8, 4) is 0 Å². The first-order valence-corrected chi connectivity index (χ1v) is 10.4. The highest BCUT2D eigenvalue weighted by Gasteiger charge is 2.31. The summed E-state index contributed by atoms with van der Waals surface area (Å²) in [6, 6.07) is 4.30. The monoisotopic (exact) mass is 480 g/mol. The number of Topliss-reactive ketones (excluding diaryl/α,β-unsaturated/α-hetero) is 1. The second kappa shape index (κ2) is 9.14. The summed E-state index contributed by atoms with van der Waals surface area (Å²) in [5, 5.41) is 5.67. The molecule has 0 bridgehead atoms. The highest BCUT2D eigenvalue weighted by atomic mass is 32.1. The van der Waals surface area contributed by atoms with E-state index < -0.39 is 29.4 Å². The first kappa shape index (κ1) is 24.1. The van der Waals surface area contributed by atoms with Crippen LogP contribution in [-0.4, -0.2) is 32.4 Å². The van der Waals surface area contributed by atoms with E-state index in [0.717, 1.165) is 28.4 Å². The van der Waals surface area contributed by atoms with Crippen LogP contribution in [0.15, 0.2) is 29.6 Å². The minimum absolute atomic E-state index is 0.00655. The van der Waals surface area contributed by atoms with E-state index in [1.165, 1.54) is 29.1 Å². The van der Waals surface area contributed by atoms with Crippen LogP contribution >= 0.6 is 11.3 Å². The van der Waals surface area contributed by atoms with Crippen molar-refractivity contribution in [3.05, 3.63) is 57.9 Å². The molecule has 1 amide bonds. The van der Waals surface area contributed by atoms with Gasteiger partial charge in [0.25, 0.3) is 5.78 Å². The minimum atomic E-state index is -4.57. The summed E-state index contributed by atoms with van der Waals surface area (Å²) in [5.74, 6) is -2.49. The van der Waals surface area contributed by atoms with Gasteiger partial charge in [0.05, 0.1) is 28.2 Å². The van der Waals surface area contributed by atoms with Gasteiger partial charge in [0.2, 0.25) is 5.91 Å². The Hall–Kier alpha value is -3.54. The van der Waals surface area contributed by atoms with Gasteiger partial charge in [-0.15, -0.1) is 11.3 Å². The molecule has 3 aromatic rings. The third kappa shape index (κ3) is 5.11. The summed E-state index contributed by atoms with van der Waals surface area (Å²) in [5.41, 5.74) is 0.391. The molecule has 8 nitrogen and oxygen atoms in total. The van der Waals surface area contributed by atoms with Crippen LogP contribution < -0.4 is 4.90 Å². The van der Waals surface area contributed by atoms with Crippen LogP contribution in [-0.2, 0) is 34.2 Å². The highest BCUT2D eigenvalue weighted by Crippen LogP contribution is 2.35. The lowest BCUT2D eigenvalue weighted by Gasteiger charge is -2.19. The highest BCUT2D eigenvalue weighted by molar-refractivity contribution is 7.14. The Morgan fingerprint density at radius 3 is 2.48 bits per heavy atom. The number of thiazole rings is 1. The number of rotatable bonds is 6. The first-order chi connectivity index (χ1) is 15.4. The maximum atomic E-state index is 13.1. The lowest BCUT2D eigenvalue weighted by atomic mass is 10.1. The minimum Gasteiger partial charge on any atom is -0.453 e. The Morgan fingerprint density at radius 2 is 1.91 bits per heavy atom. The number of nitrogens with zero attached hydrogens (tertiary/aromatic N) is 4. The number of ether oxygens (including phenoxy) is 1. The van der Waals surface area contributed by atoms with Gasteiger partial charge in [-0.1, -0.05) is 6.07 Å². The third-order valence-electron chi connectivity index (χ3n) is 4.75. The van der Waals surface area contributed by atoms with Gasteiger partial charge < -0.3 is 4.74 Å². The van der Waals surface area contributed by atoms with E-state index in [4.69, 9.17) is 4.74 Å². The number of anilines is 2. The Bertz CT molecular complexity index is 1230. The average molecular weight is 480 g/mol. The van der Waals surface area contributed by atoms with Crippen LogP contribution in [0.3, 0.4) is 0 Å². The van der Waals surface area contributed by atoms with Crippen molar-refractivity contribution in [2.24, 2.45) is 7.05 Å². The molecule has 0 aliphatic rings. The molecule has 0 spiro atoms. The van der Waals surface area contributed by atoms with Crippen LogP contribution in [0.4, 0.5) is 24.0 Å². The molecule has 33 heavy (non-hydrogen) atoms. The number of esters is 1. The number of benzene rings is 1. The topological polar surface area (TPSA) is 94.4 Å². The average Bonchev–Trinajstić information content (AvgIpc) is 3.29. The molecule has 0 N–H and O–H groups in total. The maximum absolute atomic E-state index is 13.1. The van der Waals surface area contributed by atoms with E-state index in [0.29, 0.717) is 11.4 Å². The van der Waals surface area contributed by atoms with Crippen LogP contribution in [0.5, 0.6) is 0 Å². The number of amides is 1. The van der Waals surface area contributed by atoms with Gasteiger partial charge in [0, 0.05) is 25.0 Å². The van der Waals surface area contributed by atoms with Gasteiger partial charge in [-0.25, -0.2) is 9.78 Å². The Labute approximate surface area is 190 Å². The van der Waals surface area contributed by atoms with E-state index in [9.17, 15) is 27.6 Å². The lowest BCUT2D eigenvalue weighted by Crippen LogP contribution is -2.23. The molecule has 12 heteroatoms. The number of aromatic nitrogens is 3. The second-order valence-electron chi connectivity index (χ2n) is 7.10. The zero-order valence-corrected chi connectivity index (χ0v) is 18.9. The standard InChI is InChI=1S/C21H19F3N4O4S/c1-11-17(12(2)27(4)26-11)18(30)19(31)32-9-15-10-33-20(25-15)28(13(3)29)16-7-5-6-14(8-16)21(22,23)24/h5-8,10H,9H2,1-4H3.